The van der Waals surface area contributed by atoms with Crippen molar-refractivity contribution >= 4 is 5.91 Å². The molecule has 1 amide bonds. The molecule has 1 aliphatic rings. The van der Waals surface area contributed by atoms with Crippen molar-refractivity contribution in [3.8, 4) is 29.1 Å². The lowest BCUT2D eigenvalue weighted by Gasteiger charge is -2.02. The third kappa shape index (κ3) is 3.55. The lowest BCUT2D eigenvalue weighted by Crippen LogP contribution is -2.23. The van der Waals surface area contributed by atoms with Gasteiger partial charge >= 0.3 is 0 Å². The van der Waals surface area contributed by atoms with Crippen LogP contribution in [-0.2, 0) is 0 Å². The maximum Gasteiger partial charge on any atom is 0.252 e. The van der Waals surface area contributed by atoms with Gasteiger partial charge in [0.2, 0.25) is 6.79 Å². The van der Waals surface area contributed by atoms with Crippen LogP contribution in [0.4, 0.5) is 0 Å². The van der Waals surface area contributed by atoms with Gasteiger partial charge in [0, 0.05) is 11.1 Å². The van der Waals surface area contributed by atoms with Gasteiger partial charge in [0.1, 0.15) is 5.75 Å². The van der Waals surface area contributed by atoms with Gasteiger partial charge in [-0.25, -0.2) is 0 Å². The van der Waals surface area contributed by atoms with Gasteiger partial charge in [0.25, 0.3) is 5.91 Å². The first-order valence-electron chi connectivity index (χ1n) is 7.07. The summed E-state index contributed by atoms with van der Waals surface area (Å²) < 4.78 is 15.5. The van der Waals surface area contributed by atoms with Gasteiger partial charge in [-0.05, 0) is 42.5 Å². The van der Waals surface area contributed by atoms with Crippen molar-refractivity contribution < 1.29 is 19.0 Å². The molecule has 2 aromatic rings. The number of carbonyl (C=O) groups is 1. The van der Waals surface area contributed by atoms with E-state index in [1.54, 1.807) is 25.3 Å². The van der Waals surface area contributed by atoms with Crippen LogP contribution in [0.5, 0.6) is 17.2 Å². The molecule has 116 valence electrons. The zero-order valence-electron chi connectivity index (χ0n) is 12.6. The molecule has 5 nitrogen and oxygen atoms in total. The molecule has 23 heavy (non-hydrogen) atoms. The van der Waals surface area contributed by atoms with E-state index in [1.165, 1.54) is 0 Å². The number of benzene rings is 2. The molecule has 1 aliphatic heterocycles. The van der Waals surface area contributed by atoms with Gasteiger partial charge in [-0.2, -0.15) is 0 Å². The van der Waals surface area contributed by atoms with E-state index in [0.29, 0.717) is 17.1 Å². The van der Waals surface area contributed by atoms with Crippen molar-refractivity contribution in [2.75, 3.05) is 20.4 Å². The zero-order chi connectivity index (χ0) is 16.1. The van der Waals surface area contributed by atoms with Crippen molar-refractivity contribution in [3.05, 3.63) is 53.6 Å². The van der Waals surface area contributed by atoms with Crippen LogP contribution < -0.4 is 19.5 Å². The summed E-state index contributed by atoms with van der Waals surface area (Å²) in [5, 5.41) is 2.75. The third-order valence-corrected chi connectivity index (χ3v) is 3.29. The van der Waals surface area contributed by atoms with E-state index in [2.05, 4.69) is 17.2 Å². The summed E-state index contributed by atoms with van der Waals surface area (Å²) in [4.78, 5) is 12.0. The molecule has 2 aromatic carbocycles. The zero-order valence-corrected chi connectivity index (χ0v) is 12.6. The molecule has 0 bridgehead atoms. The topological polar surface area (TPSA) is 56.8 Å². The van der Waals surface area contributed by atoms with E-state index in [0.717, 1.165) is 11.3 Å². The maximum absolute atomic E-state index is 12.0. The van der Waals surface area contributed by atoms with Crippen LogP contribution in [0, 0.1) is 11.8 Å². The Bertz CT molecular complexity index is 772. The second-order valence-electron chi connectivity index (χ2n) is 4.78. The van der Waals surface area contributed by atoms with Crippen LogP contribution in [0.1, 0.15) is 15.9 Å². The SMILES string of the molecule is COc1ccc(C#CCNC(=O)c2ccc3c(c2)OCO3)cc1. The van der Waals surface area contributed by atoms with E-state index in [4.69, 9.17) is 14.2 Å². The summed E-state index contributed by atoms with van der Waals surface area (Å²) >= 11 is 0. The molecule has 1 N–H and O–H groups in total. The predicted molar refractivity (Wildman–Crippen MR) is 84.8 cm³/mol. The number of ether oxygens (including phenoxy) is 3. The Morgan fingerprint density at radius 2 is 1.96 bits per heavy atom. The quantitative estimate of drug-likeness (QED) is 0.883. The highest BCUT2D eigenvalue weighted by Crippen LogP contribution is 2.32. The van der Waals surface area contributed by atoms with Crippen LogP contribution in [0.3, 0.4) is 0 Å². The summed E-state index contributed by atoms with van der Waals surface area (Å²) in [6, 6.07) is 12.5. The second-order valence-corrected chi connectivity index (χ2v) is 4.78. The molecule has 0 unspecified atom stereocenters. The number of hydrogen-bond acceptors (Lipinski definition) is 4. The van der Waals surface area contributed by atoms with E-state index in [1.807, 2.05) is 24.3 Å². The molecule has 0 fully saturated rings. The molecule has 0 atom stereocenters. The van der Waals surface area contributed by atoms with Crippen molar-refractivity contribution in [2.24, 2.45) is 0 Å². The highest BCUT2D eigenvalue weighted by molar-refractivity contribution is 5.95. The fraction of sp³-hybridized carbons (Fsp3) is 0.167. The lowest BCUT2D eigenvalue weighted by molar-refractivity contribution is 0.0958. The number of hydrogen-bond donors (Lipinski definition) is 1. The largest absolute Gasteiger partial charge is 0.497 e. The van der Waals surface area contributed by atoms with E-state index >= 15 is 0 Å². The summed E-state index contributed by atoms with van der Waals surface area (Å²) in [5.74, 6) is 7.71. The monoisotopic (exact) mass is 309 g/mol. The highest BCUT2D eigenvalue weighted by atomic mass is 16.7. The number of fused-ring (bicyclic) bond motifs is 1. The van der Waals surface area contributed by atoms with Crippen molar-refractivity contribution in [1.82, 2.24) is 5.32 Å². The number of rotatable bonds is 3. The van der Waals surface area contributed by atoms with Crippen molar-refractivity contribution in [1.29, 1.82) is 0 Å². The van der Waals surface area contributed by atoms with Gasteiger partial charge < -0.3 is 19.5 Å². The Morgan fingerprint density at radius 3 is 2.74 bits per heavy atom. The molecule has 3 rings (SSSR count). The highest BCUT2D eigenvalue weighted by Gasteiger charge is 2.15. The van der Waals surface area contributed by atoms with Crippen LogP contribution >= 0.6 is 0 Å². The third-order valence-electron chi connectivity index (χ3n) is 3.29. The fourth-order valence-electron chi connectivity index (χ4n) is 2.08. The Morgan fingerprint density at radius 1 is 1.17 bits per heavy atom. The predicted octanol–water partition coefficient (Wildman–Crippen LogP) is 2.21. The summed E-state index contributed by atoms with van der Waals surface area (Å²) in [6.45, 7) is 0.451. The minimum absolute atomic E-state index is 0.188. The number of amides is 1. The van der Waals surface area contributed by atoms with Crippen LogP contribution in [0.25, 0.3) is 0 Å². The summed E-state index contributed by atoms with van der Waals surface area (Å²) in [6.07, 6.45) is 0. The Hall–Kier alpha value is -3.13. The smallest absolute Gasteiger partial charge is 0.252 e. The first-order chi connectivity index (χ1) is 11.3. The maximum atomic E-state index is 12.0. The van der Waals surface area contributed by atoms with Gasteiger partial charge in [-0.3, -0.25) is 4.79 Å². The molecule has 0 aliphatic carbocycles. The Labute approximate surface area is 134 Å². The molecular weight excluding hydrogens is 294 g/mol. The molecule has 5 heteroatoms. The molecule has 0 saturated heterocycles. The number of nitrogens with one attached hydrogen (secondary N) is 1. The van der Waals surface area contributed by atoms with E-state index < -0.39 is 0 Å². The average molecular weight is 309 g/mol. The van der Waals surface area contributed by atoms with Gasteiger partial charge in [0.15, 0.2) is 11.5 Å². The molecule has 0 saturated carbocycles. The van der Waals surface area contributed by atoms with E-state index in [-0.39, 0.29) is 19.2 Å². The number of carbonyl (C=O) groups excluding carboxylic acids is 1. The molecule has 0 radical (unpaired) electrons. The summed E-state index contributed by atoms with van der Waals surface area (Å²) in [7, 11) is 1.62. The van der Waals surface area contributed by atoms with Gasteiger partial charge in [-0.1, -0.05) is 11.8 Å². The van der Waals surface area contributed by atoms with Gasteiger partial charge in [-0.15, -0.1) is 0 Å². The lowest BCUT2D eigenvalue weighted by atomic mass is 10.2. The molecular formula is C18H15NO4. The van der Waals surface area contributed by atoms with Crippen LogP contribution in [0.2, 0.25) is 0 Å². The Kier molecular flexibility index (Phi) is 4.34. The molecule has 1 heterocycles. The molecule has 0 aromatic heterocycles. The second kappa shape index (κ2) is 6.75. The minimum Gasteiger partial charge on any atom is -0.497 e. The van der Waals surface area contributed by atoms with Crippen LogP contribution in [0.15, 0.2) is 42.5 Å². The normalized spacial score (nSPS) is 11.3. The number of methoxy groups -OCH3 is 1. The Balaban J connectivity index is 1.56. The van der Waals surface area contributed by atoms with E-state index in [9.17, 15) is 4.79 Å². The van der Waals surface area contributed by atoms with Gasteiger partial charge in [0.05, 0.1) is 13.7 Å². The van der Waals surface area contributed by atoms with Crippen molar-refractivity contribution in [2.45, 2.75) is 0 Å². The first-order valence-corrected chi connectivity index (χ1v) is 7.07. The first kappa shape index (κ1) is 14.8. The fourth-order valence-corrected chi connectivity index (χ4v) is 2.08. The molecule has 0 spiro atoms. The standard InChI is InChI=1S/C18H15NO4/c1-21-15-7-4-13(5-8-15)3-2-10-19-18(20)14-6-9-16-17(11-14)23-12-22-16/h4-9,11H,10,12H2,1H3,(H,19,20). The average Bonchev–Trinajstić information content (AvgIpc) is 3.06. The van der Waals surface area contributed by atoms with Crippen LogP contribution in [-0.4, -0.2) is 26.4 Å². The summed E-state index contributed by atoms with van der Waals surface area (Å²) in [5.41, 5.74) is 1.38. The van der Waals surface area contributed by atoms with Crippen molar-refractivity contribution in [3.63, 3.8) is 0 Å². The minimum atomic E-state index is -0.202.